The fourth-order valence-corrected chi connectivity index (χ4v) is 2.08. The van der Waals surface area contributed by atoms with E-state index in [2.05, 4.69) is 12.2 Å². The van der Waals surface area contributed by atoms with E-state index < -0.39 is 0 Å². The summed E-state index contributed by atoms with van der Waals surface area (Å²) in [7, 11) is 0. The molecule has 0 saturated heterocycles. The van der Waals surface area contributed by atoms with Gasteiger partial charge in [0.25, 0.3) is 5.91 Å². The molecule has 0 fully saturated rings. The summed E-state index contributed by atoms with van der Waals surface area (Å²) in [6.07, 6.45) is 1.86. The molecule has 0 heterocycles. The van der Waals surface area contributed by atoms with Crippen LogP contribution >= 0.6 is 23.2 Å². The van der Waals surface area contributed by atoms with Crippen molar-refractivity contribution in [1.82, 2.24) is 5.32 Å². The van der Waals surface area contributed by atoms with Crippen LogP contribution in [0.25, 0.3) is 0 Å². The molecule has 18 heavy (non-hydrogen) atoms. The normalized spacial score (nSPS) is 12.2. The van der Waals surface area contributed by atoms with Crippen LogP contribution in [-0.4, -0.2) is 23.4 Å². The van der Waals surface area contributed by atoms with Gasteiger partial charge in [-0.1, -0.05) is 24.9 Å². The van der Waals surface area contributed by atoms with E-state index in [1.54, 1.807) is 6.07 Å². The second-order valence-corrected chi connectivity index (χ2v) is 4.91. The van der Waals surface area contributed by atoms with Crippen LogP contribution < -0.4 is 5.32 Å². The Morgan fingerprint density at radius 3 is 2.78 bits per heavy atom. The maximum Gasteiger partial charge on any atom is 0.251 e. The number of nitrogens with one attached hydrogen (secondary N) is 1. The molecule has 0 radical (unpaired) electrons. The van der Waals surface area contributed by atoms with Gasteiger partial charge in [0.1, 0.15) is 5.75 Å². The zero-order chi connectivity index (χ0) is 13.5. The van der Waals surface area contributed by atoms with Crippen molar-refractivity contribution in [3.63, 3.8) is 0 Å². The number of hydrogen-bond acceptors (Lipinski definition) is 2. The number of aromatic hydroxyl groups is 1. The number of phenols is 1. The molecular weight excluding hydrogens is 273 g/mol. The van der Waals surface area contributed by atoms with Gasteiger partial charge in [-0.2, -0.15) is 0 Å². The van der Waals surface area contributed by atoms with Crippen molar-refractivity contribution >= 4 is 29.1 Å². The van der Waals surface area contributed by atoms with Gasteiger partial charge in [-0.05, 0) is 30.5 Å². The minimum absolute atomic E-state index is 0.0261. The van der Waals surface area contributed by atoms with Gasteiger partial charge in [-0.25, -0.2) is 0 Å². The molecule has 1 amide bonds. The van der Waals surface area contributed by atoms with Gasteiger partial charge >= 0.3 is 0 Å². The number of carbonyl (C=O) groups excluding carboxylic acids is 1. The number of rotatable bonds is 6. The second kappa shape index (κ2) is 7.49. The molecule has 0 bridgehead atoms. The molecule has 0 aromatic heterocycles. The summed E-state index contributed by atoms with van der Waals surface area (Å²) in [5.74, 6) is 0.769. The van der Waals surface area contributed by atoms with Crippen molar-refractivity contribution < 1.29 is 9.90 Å². The lowest BCUT2D eigenvalue weighted by atomic mass is 10.0. The highest BCUT2D eigenvalue weighted by molar-refractivity contribution is 6.32. The number of hydrogen-bond donors (Lipinski definition) is 2. The number of phenolic OH excluding ortho intramolecular Hbond substituents is 1. The Hall–Kier alpha value is -0.930. The highest BCUT2D eigenvalue weighted by Crippen LogP contribution is 2.23. The standard InChI is InChI=1S/C13H17Cl2NO2/c1-2-9(5-6-14)8-16-13(18)10-3-4-12(17)11(15)7-10/h3-4,7,9,17H,2,5-6,8H2,1H3,(H,16,18). The highest BCUT2D eigenvalue weighted by atomic mass is 35.5. The number of amides is 1. The Labute approximate surface area is 117 Å². The lowest BCUT2D eigenvalue weighted by molar-refractivity contribution is 0.0946. The van der Waals surface area contributed by atoms with Crippen molar-refractivity contribution in [2.45, 2.75) is 19.8 Å². The Morgan fingerprint density at radius 1 is 1.50 bits per heavy atom. The molecule has 1 rings (SSSR count). The first-order chi connectivity index (χ1) is 8.58. The van der Waals surface area contributed by atoms with E-state index in [1.165, 1.54) is 12.1 Å². The third-order valence-electron chi connectivity index (χ3n) is 2.86. The molecule has 0 spiro atoms. The average Bonchev–Trinajstić information content (AvgIpc) is 2.37. The van der Waals surface area contributed by atoms with Crippen molar-refractivity contribution in [3.05, 3.63) is 28.8 Å². The first-order valence-corrected chi connectivity index (χ1v) is 6.82. The first kappa shape index (κ1) is 15.1. The van der Waals surface area contributed by atoms with Crippen molar-refractivity contribution in [1.29, 1.82) is 0 Å². The molecule has 1 unspecified atom stereocenters. The quantitative estimate of drug-likeness (QED) is 0.789. The van der Waals surface area contributed by atoms with Gasteiger partial charge < -0.3 is 10.4 Å². The van der Waals surface area contributed by atoms with Crippen LogP contribution in [0.15, 0.2) is 18.2 Å². The summed E-state index contributed by atoms with van der Waals surface area (Å²) in [5, 5.41) is 12.3. The predicted molar refractivity (Wildman–Crippen MR) is 74.6 cm³/mol. The van der Waals surface area contributed by atoms with E-state index in [-0.39, 0.29) is 16.7 Å². The maximum atomic E-state index is 11.8. The molecule has 0 aliphatic carbocycles. The van der Waals surface area contributed by atoms with Crippen LogP contribution in [-0.2, 0) is 0 Å². The molecule has 1 aromatic carbocycles. The van der Waals surface area contributed by atoms with Crippen LogP contribution in [0.2, 0.25) is 5.02 Å². The predicted octanol–water partition coefficient (Wildman–Crippen LogP) is 3.43. The van der Waals surface area contributed by atoms with E-state index in [1.807, 2.05) is 0 Å². The molecule has 5 heteroatoms. The summed E-state index contributed by atoms with van der Waals surface area (Å²) in [5.41, 5.74) is 0.443. The molecule has 0 aliphatic heterocycles. The fraction of sp³-hybridized carbons (Fsp3) is 0.462. The zero-order valence-electron chi connectivity index (χ0n) is 10.2. The van der Waals surface area contributed by atoms with Gasteiger partial charge in [0, 0.05) is 18.0 Å². The van der Waals surface area contributed by atoms with Crippen LogP contribution in [0.1, 0.15) is 30.1 Å². The summed E-state index contributed by atoms with van der Waals surface area (Å²) >= 11 is 11.4. The lowest BCUT2D eigenvalue weighted by Gasteiger charge is -2.14. The smallest absolute Gasteiger partial charge is 0.251 e. The van der Waals surface area contributed by atoms with Gasteiger partial charge in [-0.15, -0.1) is 11.6 Å². The second-order valence-electron chi connectivity index (χ2n) is 4.13. The lowest BCUT2D eigenvalue weighted by Crippen LogP contribution is -2.29. The molecule has 100 valence electrons. The van der Waals surface area contributed by atoms with Crippen LogP contribution in [0.5, 0.6) is 5.75 Å². The van der Waals surface area contributed by atoms with Crippen molar-refractivity contribution in [2.24, 2.45) is 5.92 Å². The van der Waals surface area contributed by atoms with Crippen molar-refractivity contribution in [2.75, 3.05) is 12.4 Å². The minimum atomic E-state index is -0.190. The molecule has 2 N–H and O–H groups in total. The minimum Gasteiger partial charge on any atom is -0.506 e. The molecular formula is C13H17Cl2NO2. The first-order valence-electron chi connectivity index (χ1n) is 5.91. The number of alkyl halides is 1. The van der Waals surface area contributed by atoms with Crippen molar-refractivity contribution in [3.8, 4) is 5.75 Å². The van der Waals surface area contributed by atoms with E-state index in [0.29, 0.717) is 23.9 Å². The highest BCUT2D eigenvalue weighted by Gasteiger charge is 2.11. The third-order valence-corrected chi connectivity index (χ3v) is 3.38. The van der Waals surface area contributed by atoms with E-state index >= 15 is 0 Å². The summed E-state index contributed by atoms with van der Waals surface area (Å²) in [4.78, 5) is 11.8. The van der Waals surface area contributed by atoms with E-state index in [9.17, 15) is 9.90 Å². The number of benzene rings is 1. The van der Waals surface area contributed by atoms with E-state index in [4.69, 9.17) is 23.2 Å². The summed E-state index contributed by atoms with van der Waals surface area (Å²) < 4.78 is 0. The molecule has 1 atom stereocenters. The molecule has 3 nitrogen and oxygen atoms in total. The zero-order valence-corrected chi connectivity index (χ0v) is 11.8. The van der Waals surface area contributed by atoms with Gasteiger partial charge in [0.15, 0.2) is 0 Å². The number of halogens is 2. The van der Waals surface area contributed by atoms with Crippen LogP contribution in [0, 0.1) is 5.92 Å². The molecule has 0 aliphatic rings. The Bertz CT molecular complexity index is 410. The third kappa shape index (κ3) is 4.39. The summed E-state index contributed by atoms with van der Waals surface area (Å²) in [6, 6.07) is 4.40. The maximum absolute atomic E-state index is 11.8. The topological polar surface area (TPSA) is 49.3 Å². The SMILES string of the molecule is CCC(CCCl)CNC(=O)c1ccc(O)c(Cl)c1. The monoisotopic (exact) mass is 289 g/mol. The average molecular weight is 290 g/mol. The van der Waals surface area contributed by atoms with Crippen LogP contribution in [0.3, 0.4) is 0 Å². The van der Waals surface area contributed by atoms with E-state index in [0.717, 1.165) is 12.8 Å². The van der Waals surface area contributed by atoms with Gasteiger partial charge in [0.05, 0.1) is 5.02 Å². The Morgan fingerprint density at radius 2 is 2.22 bits per heavy atom. The number of carbonyl (C=O) groups is 1. The van der Waals surface area contributed by atoms with Gasteiger partial charge in [-0.3, -0.25) is 4.79 Å². The fourth-order valence-electron chi connectivity index (χ4n) is 1.59. The molecule has 1 aromatic rings. The Kier molecular flexibility index (Phi) is 6.30. The van der Waals surface area contributed by atoms with Crippen LogP contribution in [0.4, 0.5) is 0 Å². The Balaban J connectivity index is 2.57. The summed E-state index contributed by atoms with van der Waals surface area (Å²) in [6.45, 7) is 2.67. The largest absolute Gasteiger partial charge is 0.506 e. The molecule has 0 saturated carbocycles. The van der Waals surface area contributed by atoms with Gasteiger partial charge in [0.2, 0.25) is 0 Å².